The van der Waals surface area contributed by atoms with Crippen molar-refractivity contribution in [2.75, 3.05) is 32.7 Å². The molecular formula is C25H28ClN3O3S. The topological polar surface area (TPSA) is 62.6 Å². The van der Waals surface area contributed by atoms with E-state index in [1.807, 2.05) is 55.1 Å². The van der Waals surface area contributed by atoms with Crippen LogP contribution < -0.4 is 0 Å². The van der Waals surface area contributed by atoms with Crippen molar-refractivity contribution in [2.45, 2.75) is 19.6 Å². The minimum absolute atomic E-state index is 0.0534. The first kappa shape index (κ1) is 23.7. The Kier molecular flexibility index (Phi) is 7.05. The second-order valence-corrected chi connectivity index (χ2v) is 10.8. The van der Waals surface area contributed by atoms with E-state index in [0.29, 0.717) is 42.3 Å². The molecule has 1 saturated heterocycles. The molecule has 4 rings (SSSR count). The Balaban J connectivity index is 1.39. The quantitative estimate of drug-likeness (QED) is 0.473. The van der Waals surface area contributed by atoms with Gasteiger partial charge in [0, 0.05) is 53.8 Å². The summed E-state index contributed by atoms with van der Waals surface area (Å²) in [5.74, 6) is -0.0606. The highest BCUT2D eigenvalue weighted by Gasteiger charge is 2.29. The van der Waals surface area contributed by atoms with Crippen molar-refractivity contribution in [1.29, 1.82) is 0 Å². The van der Waals surface area contributed by atoms with E-state index >= 15 is 0 Å². The van der Waals surface area contributed by atoms with Crippen LogP contribution in [-0.2, 0) is 15.8 Å². The molecule has 0 aliphatic carbocycles. The molecule has 174 valence electrons. The summed E-state index contributed by atoms with van der Waals surface area (Å²) >= 11 is 6.14. The number of nitrogens with zero attached hydrogens (tertiary/aromatic N) is 3. The monoisotopic (exact) mass is 485 g/mol. The highest BCUT2D eigenvalue weighted by atomic mass is 35.5. The van der Waals surface area contributed by atoms with Gasteiger partial charge in [0.2, 0.25) is 10.0 Å². The molecule has 0 radical (unpaired) electrons. The van der Waals surface area contributed by atoms with Crippen molar-refractivity contribution in [3.63, 3.8) is 0 Å². The lowest BCUT2D eigenvalue weighted by Crippen LogP contribution is -2.50. The molecule has 1 aromatic heterocycles. The maximum absolute atomic E-state index is 13.1. The summed E-state index contributed by atoms with van der Waals surface area (Å²) in [7, 11) is -3.47. The van der Waals surface area contributed by atoms with Crippen molar-refractivity contribution >= 4 is 27.4 Å². The number of aryl methyl sites for hydroxylation is 1. The normalized spacial score (nSPS) is 15.6. The van der Waals surface area contributed by atoms with Crippen molar-refractivity contribution in [2.24, 2.45) is 0 Å². The minimum atomic E-state index is -3.47. The fourth-order valence-electron chi connectivity index (χ4n) is 4.38. The molecule has 0 bridgehead atoms. The third-order valence-electron chi connectivity index (χ3n) is 6.13. The smallest absolute Gasteiger partial charge is 0.218 e. The number of hydrogen-bond acceptors (Lipinski definition) is 4. The standard InChI is InChI=1S/C25H28ClN3O3S/c1-19-16-23(20(2)29(19)22-9-4-3-5-10-22)25(30)17-27-12-14-28(15-13-27)33(31,32)18-21-8-6-7-11-24(21)26/h3-11,16H,12-15,17-18H2,1-2H3. The molecule has 1 fully saturated rings. The van der Waals surface area contributed by atoms with E-state index in [1.165, 1.54) is 4.31 Å². The SMILES string of the molecule is Cc1cc(C(=O)CN2CCN(S(=O)(=O)Cc3ccccc3Cl)CC2)c(C)n1-c1ccccc1. The number of ketones is 1. The predicted molar refractivity (Wildman–Crippen MR) is 132 cm³/mol. The van der Waals surface area contributed by atoms with Crippen LogP contribution in [0.15, 0.2) is 60.7 Å². The van der Waals surface area contributed by atoms with E-state index in [1.54, 1.807) is 24.3 Å². The molecule has 1 aliphatic rings. The lowest BCUT2D eigenvalue weighted by molar-refractivity contribution is 0.0901. The van der Waals surface area contributed by atoms with Gasteiger partial charge in [-0.3, -0.25) is 9.69 Å². The van der Waals surface area contributed by atoms with Crippen molar-refractivity contribution in [3.05, 3.63) is 88.2 Å². The number of sulfonamides is 1. The van der Waals surface area contributed by atoms with Crippen LogP contribution in [0.2, 0.25) is 5.02 Å². The van der Waals surface area contributed by atoms with Crippen LogP contribution in [-0.4, -0.2) is 60.7 Å². The number of aromatic nitrogens is 1. The molecule has 6 nitrogen and oxygen atoms in total. The molecule has 2 heterocycles. The van der Waals surface area contributed by atoms with E-state index in [2.05, 4.69) is 4.57 Å². The molecule has 1 aliphatic heterocycles. The Morgan fingerprint density at radius 2 is 1.58 bits per heavy atom. The molecule has 0 spiro atoms. The molecule has 8 heteroatoms. The summed E-state index contributed by atoms with van der Waals surface area (Å²) in [5, 5.41) is 0.457. The summed E-state index contributed by atoms with van der Waals surface area (Å²) < 4.78 is 29.3. The zero-order chi connectivity index (χ0) is 23.6. The summed E-state index contributed by atoms with van der Waals surface area (Å²) in [6.07, 6.45) is 0. The number of hydrogen-bond donors (Lipinski definition) is 0. The highest BCUT2D eigenvalue weighted by molar-refractivity contribution is 7.88. The van der Waals surface area contributed by atoms with Crippen molar-refractivity contribution < 1.29 is 13.2 Å². The largest absolute Gasteiger partial charge is 0.318 e. The average molecular weight is 486 g/mol. The molecule has 0 atom stereocenters. The third kappa shape index (κ3) is 5.22. The Hall–Kier alpha value is -2.45. The summed E-state index contributed by atoms with van der Waals surface area (Å²) in [4.78, 5) is 15.1. The van der Waals surface area contributed by atoms with E-state index in [4.69, 9.17) is 11.6 Å². The number of carbonyl (C=O) groups is 1. The molecule has 2 aromatic carbocycles. The van der Waals surface area contributed by atoms with Gasteiger partial charge >= 0.3 is 0 Å². The number of para-hydroxylation sites is 1. The highest BCUT2D eigenvalue weighted by Crippen LogP contribution is 2.23. The van der Waals surface area contributed by atoms with E-state index < -0.39 is 10.0 Å². The van der Waals surface area contributed by atoms with Crippen LogP contribution in [0.1, 0.15) is 27.3 Å². The summed E-state index contributed by atoms with van der Waals surface area (Å²) in [5.41, 5.74) is 4.28. The lowest BCUT2D eigenvalue weighted by atomic mass is 10.1. The second kappa shape index (κ2) is 9.81. The Bertz CT molecular complexity index is 1250. The third-order valence-corrected chi connectivity index (χ3v) is 8.33. The first-order valence-electron chi connectivity index (χ1n) is 11.0. The Labute approximate surface area is 200 Å². The molecule has 0 N–H and O–H groups in total. The van der Waals surface area contributed by atoms with Gasteiger partial charge in [-0.15, -0.1) is 0 Å². The van der Waals surface area contributed by atoms with Crippen molar-refractivity contribution in [1.82, 2.24) is 13.8 Å². The van der Waals surface area contributed by atoms with Crippen LogP contribution in [0.3, 0.4) is 0 Å². The fourth-order valence-corrected chi connectivity index (χ4v) is 6.21. The van der Waals surface area contributed by atoms with E-state index in [-0.39, 0.29) is 18.1 Å². The minimum Gasteiger partial charge on any atom is -0.318 e. The van der Waals surface area contributed by atoms with Gasteiger partial charge in [-0.1, -0.05) is 48.0 Å². The molecule has 0 amide bonds. The fraction of sp³-hybridized carbons (Fsp3) is 0.320. The van der Waals surface area contributed by atoms with Gasteiger partial charge in [0.25, 0.3) is 0 Å². The first-order valence-corrected chi connectivity index (χ1v) is 13.0. The van der Waals surface area contributed by atoms with Gasteiger partial charge in [-0.25, -0.2) is 8.42 Å². The van der Waals surface area contributed by atoms with Gasteiger partial charge in [-0.05, 0) is 43.7 Å². The molecule has 3 aromatic rings. The zero-order valence-electron chi connectivity index (χ0n) is 18.9. The Morgan fingerprint density at radius 1 is 0.939 bits per heavy atom. The molecule has 0 saturated carbocycles. The number of benzene rings is 2. The van der Waals surface area contributed by atoms with Crippen LogP contribution in [0, 0.1) is 13.8 Å². The van der Waals surface area contributed by atoms with E-state index in [9.17, 15) is 13.2 Å². The number of carbonyl (C=O) groups excluding carboxylic acids is 1. The number of Topliss-reactive ketones (excluding diaryl/α,β-unsaturated/α-hetero) is 1. The van der Waals surface area contributed by atoms with Crippen LogP contribution in [0.4, 0.5) is 0 Å². The van der Waals surface area contributed by atoms with Gasteiger partial charge in [0.1, 0.15) is 0 Å². The molecule has 0 unspecified atom stereocenters. The van der Waals surface area contributed by atoms with E-state index in [0.717, 1.165) is 17.1 Å². The first-order chi connectivity index (χ1) is 15.8. The Morgan fingerprint density at radius 3 is 2.24 bits per heavy atom. The van der Waals surface area contributed by atoms with Gasteiger partial charge in [-0.2, -0.15) is 4.31 Å². The average Bonchev–Trinajstić information content (AvgIpc) is 3.10. The molecule has 33 heavy (non-hydrogen) atoms. The molecular weight excluding hydrogens is 458 g/mol. The van der Waals surface area contributed by atoms with Gasteiger partial charge in [0.15, 0.2) is 5.78 Å². The van der Waals surface area contributed by atoms with Gasteiger partial charge in [0.05, 0.1) is 12.3 Å². The zero-order valence-corrected chi connectivity index (χ0v) is 20.4. The lowest BCUT2D eigenvalue weighted by Gasteiger charge is -2.33. The number of halogens is 1. The van der Waals surface area contributed by atoms with Crippen molar-refractivity contribution in [3.8, 4) is 5.69 Å². The van der Waals surface area contributed by atoms with Crippen LogP contribution in [0.5, 0.6) is 0 Å². The van der Waals surface area contributed by atoms with Crippen LogP contribution in [0.25, 0.3) is 5.69 Å². The van der Waals surface area contributed by atoms with Crippen LogP contribution >= 0.6 is 11.6 Å². The maximum atomic E-state index is 13.1. The predicted octanol–water partition coefficient (Wildman–Crippen LogP) is 4.08. The van der Waals surface area contributed by atoms with Gasteiger partial charge < -0.3 is 4.57 Å². The maximum Gasteiger partial charge on any atom is 0.218 e. The number of piperazine rings is 1. The summed E-state index contributed by atoms with van der Waals surface area (Å²) in [6, 6.07) is 18.9. The second-order valence-electron chi connectivity index (χ2n) is 8.40. The number of rotatable bonds is 7. The summed E-state index contributed by atoms with van der Waals surface area (Å²) in [6.45, 7) is 6.01.